The standard InChI is InChI=1S/C29H41N2/c1-4-6-8-15-20-28(31-23-22-30(25-31)21-7-5-2)29(3,27-18-13-10-14-19-27)24-26-16-11-9-12-17-26/h9-14,16-19,22-23,25,28H,4-8,15,20-21,24H2,1-3H3/q+1. The molecule has 0 saturated carbocycles. The zero-order valence-corrected chi connectivity index (χ0v) is 19.8. The van der Waals surface area contributed by atoms with E-state index in [1.807, 2.05) is 0 Å². The average molecular weight is 418 g/mol. The summed E-state index contributed by atoms with van der Waals surface area (Å²) in [6.45, 7) is 8.15. The molecule has 0 bridgehead atoms. The highest BCUT2D eigenvalue weighted by Crippen LogP contribution is 2.41. The van der Waals surface area contributed by atoms with E-state index in [1.54, 1.807) is 0 Å². The molecule has 2 aromatic carbocycles. The van der Waals surface area contributed by atoms with Crippen molar-refractivity contribution in [2.24, 2.45) is 0 Å². The lowest BCUT2D eigenvalue weighted by molar-refractivity contribution is -0.697. The van der Waals surface area contributed by atoms with Gasteiger partial charge >= 0.3 is 0 Å². The van der Waals surface area contributed by atoms with E-state index in [-0.39, 0.29) is 5.41 Å². The van der Waals surface area contributed by atoms with Gasteiger partial charge in [0.15, 0.2) is 0 Å². The van der Waals surface area contributed by atoms with Crippen molar-refractivity contribution < 1.29 is 4.57 Å². The van der Waals surface area contributed by atoms with Crippen LogP contribution in [0.1, 0.15) is 82.9 Å². The van der Waals surface area contributed by atoms with Crippen molar-refractivity contribution in [3.63, 3.8) is 0 Å². The quantitative estimate of drug-likeness (QED) is 0.204. The van der Waals surface area contributed by atoms with Gasteiger partial charge in [0.25, 0.3) is 0 Å². The van der Waals surface area contributed by atoms with E-state index in [2.05, 4.69) is 109 Å². The second-order valence-electron chi connectivity index (χ2n) is 9.26. The van der Waals surface area contributed by atoms with Crippen LogP contribution in [0.5, 0.6) is 0 Å². The Labute approximate surface area is 190 Å². The summed E-state index contributed by atoms with van der Waals surface area (Å²) in [5.41, 5.74) is 2.88. The summed E-state index contributed by atoms with van der Waals surface area (Å²) in [4.78, 5) is 0. The van der Waals surface area contributed by atoms with Crippen LogP contribution in [0.4, 0.5) is 0 Å². The van der Waals surface area contributed by atoms with Gasteiger partial charge < -0.3 is 0 Å². The van der Waals surface area contributed by atoms with Crippen LogP contribution in [-0.4, -0.2) is 4.57 Å². The third-order valence-corrected chi connectivity index (χ3v) is 6.76. The lowest BCUT2D eigenvalue weighted by Crippen LogP contribution is -2.38. The minimum atomic E-state index is 0.0242. The largest absolute Gasteiger partial charge is 0.244 e. The van der Waals surface area contributed by atoms with Crippen LogP contribution in [-0.2, 0) is 18.4 Å². The third-order valence-electron chi connectivity index (χ3n) is 6.76. The molecule has 0 N–H and O–H groups in total. The van der Waals surface area contributed by atoms with E-state index in [0.717, 1.165) is 13.0 Å². The minimum Gasteiger partial charge on any atom is -0.237 e. The van der Waals surface area contributed by atoms with E-state index in [4.69, 9.17) is 0 Å². The van der Waals surface area contributed by atoms with Gasteiger partial charge in [-0.2, -0.15) is 0 Å². The Kier molecular flexibility index (Phi) is 8.94. The van der Waals surface area contributed by atoms with Crippen LogP contribution in [0.2, 0.25) is 0 Å². The highest BCUT2D eigenvalue weighted by Gasteiger charge is 2.40. The maximum atomic E-state index is 2.51. The Hall–Kier alpha value is -2.35. The first-order valence-electron chi connectivity index (χ1n) is 12.3. The van der Waals surface area contributed by atoms with Gasteiger partial charge in [0.2, 0.25) is 6.33 Å². The zero-order chi connectivity index (χ0) is 21.9. The smallest absolute Gasteiger partial charge is 0.237 e. The van der Waals surface area contributed by atoms with Gasteiger partial charge in [-0.15, -0.1) is 0 Å². The molecule has 0 radical (unpaired) electrons. The SMILES string of the molecule is CCCCCCC(n1cc[n+](CCCC)c1)C(C)(Cc1ccccc1)c1ccccc1. The molecule has 2 atom stereocenters. The summed E-state index contributed by atoms with van der Waals surface area (Å²) < 4.78 is 4.88. The number of unbranched alkanes of at least 4 members (excludes halogenated alkanes) is 4. The number of benzene rings is 2. The van der Waals surface area contributed by atoms with E-state index in [9.17, 15) is 0 Å². The van der Waals surface area contributed by atoms with Crippen molar-refractivity contribution in [2.45, 2.75) is 90.1 Å². The summed E-state index contributed by atoms with van der Waals surface area (Å²) in [5, 5.41) is 0. The molecule has 0 aliphatic carbocycles. The summed E-state index contributed by atoms with van der Waals surface area (Å²) in [7, 11) is 0. The molecule has 0 spiro atoms. The number of nitrogens with zero attached hydrogens (tertiary/aromatic N) is 2. The van der Waals surface area contributed by atoms with Gasteiger partial charge in [-0.3, -0.25) is 0 Å². The van der Waals surface area contributed by atoms with Gasteiger partial charge in [-0.05, 0) is 36.8 Å². The number of aryl methyl sites for hydroxylation is 1. The van der Waals surface area contributed by atoms with E-state index in [0.29, 0.717) is 6.04 Å². The Morgan fingerprint density at radius 3 is 2.19 bits per heavy atom. The molecule has 0 saturated heterocycles. The van der Waals surface area contributed by atoms with Crippen molar-refractivity contribution in [2.75, 3.05) is 0 Å². The molecule has 0 aliphatic heterocycles. The maximum Gasteiger partial charge on any atom is 0.244 e. The van der Waals surface area contributed by atoms with Crippen molar-refractivity contribution in [3.05, 3.63) is 90.5 Å². The molecule has 1 heterocycles. The Bertz CT molecular complexity index is 868. The molecule has 1 aromatic heterocycles. The molecule has 3 rings (SSSR count). The lowest BCUT2D eigenvalue weighted by Gasteiger charge is -2.37. The van der Waals surface area contributed by atoms with Crippen LogP contribution in [0, 0.1) is 0 Å². The van der Waals surface area contributed by atoms with E-state index in [1.165, 1.54) is 56.1 Å². The second kappa shape index (κ2) is 11.9. The summed E-state index contributed by atoms with van der Waals surface area (Å²) in [6.07, 6.45) is 16.9. The Balaban J connectivity index is 1.98. The number of hydrogen-bond donors (Lipinski definition) is 0. The van der Waals surface area contributed by atoms with Crippen molar-refractivity contribution in [3.8, 4) is 0 Å². The first kappa shape index (κ1) is 23.3. The topological polar surface area (TPSA) is 8.81 Å². The Morgan fingerprint density at radius 2 is 1.52 bits per heavy atom. The molecular weight excluding hydrogens is 376 g/mol. The summed E-state index contributed by atoms with van der Waals surface area (Å²) >= 11 is 0. The summed E-state index contributed by atoms with van der Waals surface area (Å²) in [6, 6.07) is 22.6. The molecule has 3 aromatic rings. The van der Waals surface area contributed by atoms with Gasteiger partial charge in [0, 0.05) is 5.41 Å². The molecule has 2 nitrogen and oxygen atoms in total. The highest BCUT2D eigenvalue weighted by molar-refractivity contribution is 5.30. The first-order valence-corrected chi connectivity index (χ1v) is 12.3. The molecule has 2 unspecified atom stereocenters. The van der Waals surface area contributed by atoms with Crippen molar-refractivity contribution >= 4 is 0 Å². The van der Waals surface area contributed by atoms with Gasteiger partial charge in [0.1, 0.15) is 18.4 Å². The van der Waals surface area contributed by atoms with Crippen LogP contribution in [0.3, 0.4) is 0 Å². The summed E-state index contributed by atoms with van der Waals surface area (Å²) in [5.74, 6) is 0. The predicted octanol–water partition coefficient (Wildman–Crippen LogP) is 7.29. The fourth-order valence-corrected chi connectivity index (χ4v) is 4.88. The highest BCUT2D eigenvalue weighted by atomic mass is 15.1. The molecule has 166 valence electrons. The normalized spacial score (nSPS) is 14.3. The molecule has 0 fully saturated rings. The second-order valence-corrected chi connectivity index (χ2v) is 9.26. The van der Waals surface area contributed by atoms with Gasteiger partial charge in [-0.1, -0.05) is 107 Å². The first-order chi connectivity index (χ1) is 15.2. The van der Waals surface area contributed by atoms with Crippen LogP contribution in [0.25, 0.3) is 0 Å². The number of aromatic nitrogens is 2. The van der Waals surface area contributed by atoms with Crippen LogP contribution in [0.15, 0.2) is 79.4 Å². The average Bonchev–Trinajstić information content (AvgIpc) is 3.27. The Morgan fingerprint density at radius 1 is 0.839 bits per heavy atom. The predicted molar refractivity (Wildman–Crippen MR) is 131 cm³/mol. The van der Waals surface area contributed by atoms with Gasteiger partial charge in [0.05, 0.1) is 6.54 Å². The van der Waals surface area contributed by atoms with Gasteiger partial charge in [-0.25, -0.2) is 9.13 Å². The molecular formula is C29H41N2+. The van der Waals surface area contributed by atoms with Crippen LogP contribution < -0.4 is 4.57 Å². The number of rotatable bonds is 13. The molecule has 0 amide bonds. The van der Waals surface area contributed by atoms with Crippen molar-refractivity contribution in [1.82, 2.24) is 4.57 Å². The molecule has 2 heteroatoms. The number of hydrogen-bond acceptors (Lipinski definition) is 0. The third kappa shape index (κ3) is 6.32. The minimum absolute atomic E-state index is 0.0242. The molecule has 0 aliphatic rings. The van der Waals surface area contributed by atoms with Crippen LogP contribution >= 0.6 is 0 Å². The zero-order valence-electron chi connectivity index (χ0n) is 19.8. The fourth-order valence-electron chi connectivity index (χ4n) is 4.88. The lowest BCUT2D eigenvalue weighted by atomic mass is 9.70. The van der Waals surface area contributed by atoms with Crippen molar-refractivity contribution in [1.29, 1.82) is 0 Å². The van der Waals surface area contributed by atoms with E-state index < -0.39 is 0 Å². The molecule has 31 heavy (non-hydrogen) atoms. The monoisotopic (exact) mass is 417 g/mol. The maximum absolute atomic E-state index is 2.51. The van der Waals surface area contributed by atoms with E-state index >= 15 is 0 Å². The fraction of sp³-hybridized carbons (Fsp3) is 0.483. The number of imidazole rings is 1.